The van der Waals surface area contributed by atoms with Crippen LogP contribution in [0.2, 0.25) is 0 Å². The van der Waals surface area contributed by atoms with E-state index in [4.69, 9.17) is 0 Å². The molecule has 0 radical (unpaired) electrons. The summed E-state index contributed by atoms with van der Waals surface area (Å²) < 4.78 is 0. The predicted molar refractivity (Wildman–Crippen MR) is 55.0 cm³/mol. The average Bonchev–Trinajstić information content (AvgIpc) is 2.03. The van der Waals surface area contributed by atoms with E-state index in [-0.39, 0.29) is 18.5 Å². The molecular weight excluding hydrogens is 186 g/mol. The number of hydrogen-bond acceptors (Lipinski definition) is 2. The minimum Gasteiger partial charge on any atom is -0.388 e. The van der Waals surface area contributed by atoms with Crippen molar-refractivity contribution in [3.63, 3.8) is 0 Å². The summed E-state index contributed by atoms with van der Waals surface area (Å²) in [6.45, 7) is 1.88. The van der Waals surface area contributed by atoms with Gasteiger partial charge in [0, 0.05) is 19.0 Å². The van der Waals surface area contributed by atoms with Crippen LogP contribution in [0.5, 0.6) is 0 Å². The smallest absolute Gasteiger partial charge is 0.0842 e. The third-order valence-corrected chi connectivity index (χ3v) is 2.40. The molecule has 0 saturated carbocycles. The fraction of sp³-hybridized carbons (Fsp3) is 0.400. The molecule has 13 heavy (non-hydrogen) atoms. The Morgan fingerprint density at radius 2 is 1.85 bits per heavy atom. The van der Waals surface area contributed by atoms with Gasteiger partial charge < -0.3 is 10.4 Å². The molecule has 1 aromatic carbocycles. The number of aliphatic hydroxyl groups is 1. The molecule has 72 valence electrons. The van der Waals surface area contributed by atoms with Gasteiger partial charge in [0.15, 0.2) is 0 Å². The van der Waals surface area contributed by atoms with Crippen molar-refractivity contribution < 1.29 is 5.11 Å². The number of halogens is 1. The summed E-state index contributed by atoms with van der Waals surface area (Å²) in [6.07, 6.45) is -0.285. The first kappa shape index (κ1) is 10.5. The first-order valence-electron chi connectivity index (χ1n) is 4.31. The number of benzene rings is 1. The average molecular weight is 200 g/mol. The number of rotatable bonds is 2. The Balaban J connectivity index is 0.000000845. The maximum atomic E-state index is 9.80. The SMILES string of the molecule is Cl.OC(c1ccccc1)C1CNC1. The van der Waals surface area contributed by atoms with Crippen LogP contribution in [-0.2, 0) is 0 Å². The molecule has 0 amide bonds. The van der Waals surface area contributed by atoms with Crippen molar-refractivity contribution in [2.45, 2.75) is 6.10 Å². The molecule has 1 aliphatic heterocycles. The molecule has 2 rings (SSSR count). The van der Waals surface area contributed by atoms with Crippen molar-refractivity contribution in [2.75, 3.05) is 13.1 Å². The van der Waals surface area contributed by atoms with Gasteiger partial charge in [0.05, 0.1) is 6.10 Å². The lowest BCUT2D eigenvalue weighted by Gasteiger charge is -2.31. The van der Waals surface area contributed by atoms with Gasteiger partial charge in [0.25, 0.3) is 0 Å². The second kappa shape index (κ2) is 4.61. The summed E-state index contributed by atoms with van der Waals surface area (Å²) in [6, 6.07) is 9.84. The molecule has 0 aromatic heterocycles. The topological polar surface area (TPSA) is 32.3 Å². The molecule has 1 atom stereocenters. The first-order valence-corrected chi connectivity index (χ1v) is 4.31. The van der Waals surface area contributed by atoms with Gasteiger partial charge in [-0.2, -0.15) is 0 Å². The summed E-state index contributed by atoms with van der Waals surface area (Å²) in [5, 5.41) is 13.0. The summed E-state index contributed by atoms with van der Waals surface area (Å²) in [7, 11) is 0. The van der Waals surface area contributed by atoms with E-state index in [1.165, 1.54) is 0 Å². The lowest BCUT2D eigenvalue weighted by molar-refractivity contribution is 0.0767. The Hall–Kier alpha value is -0.570. The highest BCUT2D eigenvalue weighted by atomic mass is 35.5. The van der Waals surface area contributed by atoms with Crippen LogP contribution in [0, 0.1) is 5.92 Å². The molecule has 3 heteroatoms. The highest BCUT2D eigenvalue weighted by Crippen LogP contribution is 2.24. The quantitative estimate of drug-likeness (QED) is 0.754. The zero-order chi connectivity index (χ0) is 8.39. The van der Waals surface area contributed by atoms with Crippen LogP contribution in [0.3, 0.4) is 0 Å². The Labute approximate surface area is 84.4 Å². The second-order valence-corrected chi connectivity index (χ2v) is 3.27. The molecule has 2 N–H and O–H groups in total. The van der Waals surface area contributed by atoms with Crippen molar-refractivity contribution in [1.82, 2.24) is 5.32 Å². The number of nitrogens with one attached hydrogen (secondary N) is 1. The Kier molecular flexibility index (Phi) is 3.72. The van der Waals surface area contributed by atoms with Gasteiger partial charge in [0.1, 0.15) is 0 Å². The minimum absolute atomic E-state index is 0. The van der Waals surface area contributed by atoms with E-state index in [0.29, 0.717) is 5.92 Å². The molecule has 1 aromatic rings. The zero-order valence-electron chi connectivity index (χ0n) is 7.31. The molecule has 1 fully saturated rings. The maximum absolute atomic E-state index is 9.80. The van der Waals surface area contributed by atoms with Crippen LogP contribution in [0.4, 0.5) is 0 Å². The molecule has 0 spiro atoms. The van der Waals surface area contributed by atoms with Crippen LogP contribution < -0.4 is 5.32 Å². The van der Waals surface area contributed by atoms with Crippen molar-refractivity contribution in [2.24, 2.45) is 5.92 Å². The van der Waals surface area contributed by atoms with Gasteiger partial charge in [-0.05, 0) is 5.56 Å². The number of aliphatic hydroxyl groups excluding tert-OH is 1. The molecule has 2 nitrogen and oxygen atoms in total. The van der Waals surface area contributed by atoms with Gasteiger partial charge in [-0.15, -0.1) is 12.4 Å². The third-order valence-electron chi connectivity index (χ3n) is 2.40. The van der Waals surface area contributed by atoms with E-state index in [1.807, 2.05) is 30.3 Å². The molecule has 0 bridgehead atoms. The zero-order valence-corrected chi connectivity index (χ0v) is 8.13. The number of hydrogen-bond donors (Lipinski definition) is 2. The molecule has 1 aliphatic rings. The molecule has 1 unspecified atom stereocenters. The third kappa shape index (κ3) is 2.21. The minimum atomic E-state index is -0.285. The van der Waals surface area contributed by atoms with Gasteiger partial charge in [-0.3, -0.25) is 0 Å². The lowest BCUT2D eigenvalue weighted by atomic mass is 9.91. The van der Waals surface area contributed by atoms with E-state index >= 15 is 0 Å². The van der Waals surface area contributed by atoms with Gasteiger partial charge >= 0.3 is 0 Å². The molecule has 1 heterocycles. The van der Waals surface area contributed by atoms with Crippen LogP contribution in [-0.4, -0.2) is 18.2 Å². The van der Waals surface area contributed by atoms with Crippen LogP contribution in [0.1, 0.15) is 11.7 Å². The van der Waals surface area contributed by atoms with E-state index in [2.05, 4.69) is 5.32 Å². The lowest BCUT2D eigenvalue weighted by Crippen LogP contribution is -2.45. The summed E-state index contributed by atoms with van der Waals surface area (Å²) in [5.74, 6) is 0.410. The van der Waals surface area contributed by atoms with Gasteiger partial charge in [-0.25, -0.2) is 0 Å². The van der Waals surface area contributed by atoms with E-state index < -0.39 is 0 Å². The Morgan fingerprint density at radius 1 is 1.23 bits per heavy atom. The highest BCUT2D eigenvalue weighted by molar-refractivity contribution is 5.85. The van der Waals surface area contributed by atoms with E-state index in [1.54, 1.807) is 0 Å². The Bertz CT molecular complexity index is 248. The first-order chi connectivity index (χ1) is 5.88. The fourth-order valence-electron chi connectivity index (χ4n) is 1.46. The van der Waals surface area contributed by atoms with Crippen LogP contribution in [0.25, 0.3) is 0 Å². The van der Waals surface area contributed by atoms with Crippen molar-refractivity contribution >= 4 is 12.4 Å². The summed E-state index contributed by atoms with van der Waals surface area (Å²) >= 11 is 0. The highest BCUT2D eigenvalue weighted by Gasteiger charge is 2.25. The maximum Gasteiger partial charge on any atom is 0.0842 e. The van der Waals surface area contributed by atoms with Crippen LogP contribution in [0.15, 0.2) is 30.3 Å². The largest absolute Gasteiger partial charge is 0.388 e. The van der Waals surface area contributed by atoms with Crippen LogP contribution >= 0.6 is 12.4 Å². The molecular formula is C10H14ClNO. The normalized spacial score (nSPS) is 18.5. The van der Waals surface area contributed by atoms with E-state index in [9.17, 15) is 5.11 Å². The van der Waals surface area contributed by atoms with Gasteiger partial charge in [-0.1, -0.05) is 30.3 Å². The standard InChI is InChI=1S/C10H13NO.ClH/c12-10(9-6-11-7-9)8-4-2-1-3-5-8;/h1-5,9-12H,6-7H2;1H. The Morgan fingerprint density at radius 3 is 2.31 bits per heavy atom. The molecule has 1 saturated heterocycles. The van der Waals surface area contributed by atoms with E-state index in [0.717, 1.165) is 18.7 Å². The van der Waals surface area contributed by atoms with Crippen molar-refractivity contribution in [1.29, 1.82) is 0 Å². The predicted octanol–water partition coefficient (Wildman–Crippen LogP) is 1.36. The van der Waals surface area contributed by atoms with Crippen molar-refractivity contribution in [3.8, 4) is 0 Å². The monoisotopic (exact) mass is 199 g/mol. The van der Waals surface area contributed by atoms with Crippen molar-refractivity contribution in [3.05, 3.63) is 35.9 Å². The van der Waals surface area contributed by atoms with Gasteiger partial charge in [0.2, 0.25) is 0 Å². The second-order valence-electron chi connectivity index (χ2n) is 3.27. The molecule has 0 aliphatic carbocycles. The fourth-order valence-corrected chi connectivity index (χ4v) is 1.46. The summed E-state index contributed by atoms with van der Waals surface area (Å²) in [5.41, 5.74) is 1.03. The summed E-state index contributed by atoms with van der Waals surface area (Å²) in [4.78, 5) is 0.